The summed E-state index contributed by atoms with van der Waals surface area (Å²) in [6.07, 6.45) is 0. The number of hydrogen-bond acceptors (Lipinski definition) is 4. The highest BCUT2D eigenvalue weighted by Crippen LogP contribution is 2.34. The number of benzene rings is 3. The van der Waals surface area contributed by atoms with Gasteiger partial charge in [0.15, 0.2) is 0 Å². The molecule has 4 rings (SSSR count). The van der Waals surface area contributed by atoms with Gasteiger partial charge >= 0.3 is 0 Å². The van der Waals surface area contributed by atoms with Gasteiger partial charge < -0.3 is 10.1 Å². The SMILES string of the molecule is COc1ccccc1-c1c(NC(=O)c2ccc(C(C)(C)C)cc2)n(-c2ccccc2)nc(C)c1=O. The highest BCUT2D eigenvalue weighted by Gasteiger charge is 2.23. The molecule has 0 saturated carbocycles. The summed E-state index contributed by atoms with van der Waals surface area (Å²) in [5.74, 6) is 0.470. The zero-order valence-corrected chi connectivity index (χ0v) is 20.6. The van der Waals surface area contributed by atoms with Crippen LogP contribution in [-0.2, 0) is 5.41 Å². The number of carbonyl (C=O) groups is 1. The van der Waals surface area contributed by atoms with Crippen molar-refractivity contribution < 1.29 is 9.53 Å². The molecule has 0 saturated heterocycles. The van der Waals surface area contributed by atoms with Crippen molar-refractivity contribution >= 4 is 11.7 Å². The fourth-order valence-corrected chi connectivity index (χ4v) is 3.91. The molecule has 178 valence electrons. The van der Waals surface area contributed by atoms with E-state index in [1.54, 1.807) is 43.0 Å². The van der Waals surface area contributed by atoms with Gasteiger partial charge in [-0.05, 0) is 48.2 Å². The van der Waals surface area contributed by atoms with E-state index in [9.17, 15) is 9.59 Å². The van der Waals surface area contributed by atoms with Crippen LogP contribution in [0.15, 0.2) is 83.7 Å². The summed E-state index contributed by atoms with van der Waals surface area (Å²) >= 11 is 0. The third-order valence-electron chi connectivity index (χ3n) is 5.88. The molecular formula is C29H29N3O3. The van der Waals surface area contributed by atoms with E-state index in [1.807, 2.05) is 54.6 Å². The minimum Gasteiger partial charge on any atom is -0.496 e. The topological polar surface area (TPSA) is 73.2 Å². The molecule has 35 heavy (non-hydrogen) atoms. The van der Waals surface area contributed by atoms with Gasteiger partial charge in [-0.25, -0.2) is 4.68 Å². The molecule has 0 aliphatic heterocycles. The van der Waals surface area contributed by atoms with Crippen LogP contribution in [0.1, 0.15) is 42.4 Å². The lowest BCUT2D eigenvalue weighted by Gasteiger charge is -2.20. The van der Waals surface area contributed by atoms with Crippen LogP contribution in [0.4, 0.5) is 5.82 Å². The van der Waals surface area contributed by atoms with Crippen molar-refractivity contribution in [2.75, 3.05) is 12.4 Å². The van der Waals surface area contributed by atoms with Crippen LogP contribution in [0.25, 0.3) is 16.8 Å². The summed E-state index contributed by atoms with van der Waals surface area (Å²) < 4.78 is 7.15. The summed E-state index contributed by atoms with van der Waals surface area (Å²) in [4.78, 5) is 26.8. The Hall–Kier alpha value is -4.19. The second kappa shape index (κ2) is 9.58. The Kier molecular flexibility index (Phi) is 6.56. The highest BCUT2D eigenvalue weighted by molar-refractivity contribution is 6.06. The van der Waals surface area contributed by atoms with Crippen LogP contribution in [0.3, 0.4) is 0 Å². The number of hydrogen-bond donors (Lipinski definition) is 1. The van der Waals surface area contributed by atoms with Gasteiger partial charge in [-0.15, -0.1) is 0 Å². The van der Waals surface area contributed by atoms with Gasteiger partial charge in [-0.1, -0.05) is 69.3 Å². The van der Waals surface area contributed by atoms with Crippen LogP contribution in [0.2, 0.25) is 0 Å². The third kappa shape index (κ3) is 4.87. The number of nitrogens with one attached hydrogen (secondary N) is 1. The smallest absolute Gasteiger partial charge is 0.256 e. The first-order valence-corrected chi connectivity index (χ1v) is 11.5. The predicted octanol–water partition coefficient (Wildman–Crippen LogP) is 5.77. The maximum absolute atomic E-state index is 13.4. The summed E-state index contributed by atoms with van der Waals surface area (Å²) in [5.41, 5.74) is 3.22. The molecule has 1 heterocycles. The Morgan fingerprint density at radius 2 is 1.54 bits per heavy atom. The lowest BCUT2D eigenvalue weighted by Crippen LogP contribution is -2.25. The van der Waals surface area contributed by atoms with E-state index >= 15 is 0 Å². The number of aromatic nitrogens is 2. The number of carbonyl (C=O) groups excluding carboxylic acids is 1. The van der Waals surface area contributed by atoms with Crippen molar-refractivity contribution in [2.45, 2.75) is 33.1 Å². The average molecular weight is 468 g/mol. The molecule has 1 N–H and O–H groups in total. The number of nitrogens with zero attached hydrogens (tertiary/aromatic N) is 2. The standard InChI is InChI=1S/C29H29N3O3/c1-19-26(33)25(23-13-9-10-14-24(23)35-5)27(32(31-19)22-11-7-6-8-12-22)30-28(34)20-15-17-21(18-16-20)29(2,3)4/h6-18H,1-5H3,(H,30,34). The molecule has 0 spiro atoms. The Morgan fingerprint density at radius 1 is 0.914 bits per heavy atom. The Morgan fingerprint density at radius 3 is 2.17 bits per heavy atom. The largest absolute Gasteiger partial charge is 0.496 e. The molecule has 0 unspecified atom stereocenters. The maximum atomic E-state index is 13.4. The van der Waals surface area contributed by atoms with E-state index in [0.717, 1.165) is 5.56 Å². The molecule has 0 radical (unpaired) electrons. The van der Waals surface area contributed by atoms with Crippen molar-refractivity contribution in [2.24, 2.45) is 0 Å². The summed E-state index contributed by atoms with van der Waals surface area (Å²) in [6, 6.07) is 24.2. The number of rotatable bonds is 5. The number of amides is 1. The summed E-state index contributed by atoms with van der Waals surface area (Å²) in [5, 5.41) is 7.50. The molecule has 0 fully saturated rings. The van der Waals surface area contributed by atoms with E-state index in [0.29, 0.717) is 33.8 Å². The molecule has 0 aliphatic rings. The van der Waals surface area contributed by atoms with Crippen LogP contribution < -0.4 is 15.5 Å². The van der Waals surface area contributed by atoms with Crippen molar-refractivity contribution in [3.8, 4) is 22.6 Å². The van der Waals surface area contributed by atoms with Crippen LogP contribution in [-0.4, -0.2) is 22.8 Å². The molecule has 1 amide bonds. The van der Waals surface area contributed by atoms with Gasteiger partial charge in [0, 0.05) is 11.1 Å². The van der Waals surface area contributed by atoms with Gasteiger partial charge in [-0.2, -0.15) is 5.10 Å². The molecule has 6 nitrogen and oxygen atoms in total. The van der Waals surface area contributed by atoms with Crippen molar-refractivity contribution in [3.05, 3.63) is 106 Å². The zero-order chi connectivity index (χ0) is 25.2. The molecule has 0 bridgehead atoms. The first kappa shape index (κ1) is 24.0. The molecule has 6 heteroatoms. The van der Waals surface area contributed by atoms with E-state index in [1.165, 1.54) is 0 Å². The maximum Gasteiger partial charge on any atom is 0.256 e. The van der Waals surface area contributed by atoms with Crippen molar-refractivity contribution in [1.82, 2.24) is 9.78 Å². The van der Waals surface area contributed by atoms with Crippen LogP contribution >= 0.6 is 0 Å². The quantitative estimate of drug-likeness (QED) is 0.405. The Labute approximate surface area is 205 Å². The number of para-hydroxylation sites is 2. The first-order valence-electron chi connectivity index (χ1n) is 11.5. The van der Waals surface area contributed by atoms with Crippen molar-refractivity contribution in [3.63, 3.8) is 0 Å². The molecule has 3 aromatic carbocycles. The van der Waals surface area contributed by atoms with Gasteiger partial charge in [0.25, 0.3) is 5.91 Å². The third-order valence-corrected chi connectivity index (χ3v) is 5.88. The summed E-state index contributed by atoms with van der Waals surface area (Å²) in [6.45, 7) is 8.03. The molecule has 1 aromatic heterocycles. The predicted molar refractivity (Wildman–Crippen MR) is 140 cm³/mol. The first-order chi connectivity index (χ1) is 16.7. The molecule has 0 aliphatic carbocycles. The number of aryl methyl sites for hydroxylation is 1. The number of methoxy groups -OCH3 is 1. The molecule has 0 atom stereocenters. The van der Waals surface area contributed by atoms with Crippen LogP contribution in [0, 0.1) is 6.92 Å². The highest BCUT2D eigenvalue weighted by atomic mass is 16.5. The van der Waals surface area contributed by atoms with E-state index in [4.69, 9.17) is 4.74 Å². The van der Waals surface area contributed by atoms with Crippen molar-refractivity contribution in [1.29, 1.82) is 0 Å². The fourth-order valence-electron chi connectivity index (χ4n) is 3.91. The normalized spacial score (nSPS) is 11.2. The minimum atomic E-state index is -0.337. The zero-order valence-electron chi connectivity index (χ0n) is 20.6. The lowest BCUT2D eigenvalue weighted by molar-refractivity contribution is 0.102. The van der Waals surface area contributed by atoms with Gasteiger partial charge in [0.05, 0.1) is 18.4 Å². The number of ether oxygens (including phenoxy) is 1. The van der Waals surface area contributed by atoms with Gasteiger partial charge in [0.2, 0.25) is 5.43 Å². The minimum absolute atomic E-state index is 0.0271. The van der Waals surface area contributed by atoms with E-state index in [2.05, 4.69) is 31.2 Å². The van der Waals surface area contributed by atoms with E-state index in [-0.39, 0.29) is 22.6 Å². The van der Waals surface area contributed by atoms with Crippen LogP contribution in [0.5, 0.6) is 5.75 Å². The molecular weight excluding hydrogens is 438 g/mol. The monoisotopic (exact) mass is 467 g/mol. The fraction of sp³-hybridized carbons (Fsp3) is 0.207. The average Bonchev–Trinajstić information content (AvgIpc) is 2.86. The van der Waals surface area contributed by atoms with E-state index < -0.39 is 0 Å². The van der Waals surface area contributed by atoms with Gasteiger partial charge in [0.1, 0.15) is 17.3 Å². The number of anilines is 1. The second-order valence-electron chi connectivity index (χ2n) is 9.37. The Balaban J connectivity index is 1.91. The lowest BCUT2D eigenvalue weighted by atomic mass is 9.87. The van der Waals surface area contributed by atoms with Gasteiger partial charge in [-0.3, -0.25) is 9.59 Å². The Bertz CT molecular complexity index is 1420. The molecule has 4 aromatic rings. The summed E-state index contributed by atoms with van der Waals surface area (Å²) in [7, 11) is 1.55. The second-order valence-corrected chi connectivity index (χ2v) is 9.37.